The second-order valence-electron chi connectivity index (χ2n) is 4.55. The maximum atomic E-state index is 11.9. The molecule has 0 unspecified atom stereocenters. The molecule has 2 heterocycles. The molecule has 94 valence electrons. The second kappa shape index (κ2) is 3.94. The summed E-state index contributed by atoms with van der Waals surface area (Å²) >= 11 is 0. The number of anilines is 1. The van der Waals surface area contributed by atoms with Gasteiger partial charge in [-0.25, -0.2) is 4.98 Å². The first-order chi connectivity index (χ1) is 8.65. The first kappa shape index (κ1) is 10.9. The summed E-state index contributed by atoms with van der Waals surface area (Å²) in [7, 11) is 1.86. The summed E-state index contributed by atoms with van der Waals surface area (Å²) in [4.78, 5) is 18.8. The van der Waals surface area contributed by atoms with Crippen LogP contribution in [0.5, 0.6) is 0 Å². The standard InChI is InChI=1S/C11H14N6O/c1-6-12-5-8(13-6)10(18)14-11-16-15-9(17(11)2)7-3-4-7/h5,7H,3-4H2,1-2H3,(H,12,13)(H,14,16,18). The Bertz CT molecular complexity index is 594. The molecule has 0 bridgehead atoms. The van der Waals surface area contributed by atoms with Crippen molar-refractivity contribution in [3.05, 3.63) is 23.5 Å². The van der Waals surface area contributed by atoms with Crippen LogP contribution in [0, 0.1) is 6.92 Å². The third kappa shape index (κ3) is 1.87. The number of carbonyl (C=O) groups excluding carboxylic acids is 1. The summed E-state index contributed by atoms with van der Waals surface area (Å²) in [6.07, 6.45) is 3.81. The Balaban J connectivity index is 1.78. The first-order valence-electron chi connectivity index (χ1n) is 5.87. The van der Waals surface area contributed by atoms with Crippen LogP contribution in [-0.2, 0) is 7.05 Å². The van der Waals surface area contributed by atoms with E-state index in [9.17, 15) is 4.79 Å². The fourth-order valence-corrected chi connectivity index (χ4v) is 1.85. The monoisotopic (exact) mass is 246 g/mol. The van der Waals surface area contributed by atoms with Gasteiger partial charge >= 0.3 is 0 Å². The van der Waals surface area contributed by atoms with Gasteiger partial charge in [-0.1, -0.05) is 0 Å². The minimum atomic E-state index is -0.256. The number of amides is 1. The number of H-pyrrole nitrogens is 1. The Morgan fingerprint density at radius 3 is 2.89 bits per heavy atom. The van der Waals surface area contributed by atoms with Crippen LogP contribution in [0.25, 0.3) is 0 Å². The molecule has 0 atom stereocenters. The highest BCUT2D eigenvalue weighted by atomic mass is 16.2. The topological polar surface area (TPSA) is 88.5 Å². The molecule has 1 fully saturated rings. The van der Waals surface area contributed by atoms with E-state index in [1.54, 1.807) is 6.92 Å². The van der Waals surface area contributed by atoms with Crippen LogP contribution in [0.1, 0.15) is 40.9 Å². The molecule has 2 aromatic heterocycles. The molecule has 0 aliphatic heterocycles. The highest BCUT2D eigenvalue weighted by Gasteiger charge is 2.29. The van der Waals surface area contributed by atoms with E-state index in [0.717, 1.165) is 18.7 Å². The highest BCUT2D eigenvalue weighted by molar-refractivity contribution is 6.01. The number of nitrogens with one attached hydrogen (secondary N) is 2. The summed E-state index contributed by atoms with van der Waals surface area (Å²) in [5, 5.41) is 10.8. The van der Waals surface area contributed by atoms with Crippen molar-refractivity contribution < 1.29 is 4.79 Å². The van der Waals surface area contributed by atoms with Crippen LogP contribution < -0.4 is 5.32 Å². The van der Waals surface area contributed by atoms with Gasteiger partial charge in [0.25, 0.3) is 5.91 Å². The fraction of sp³-hybridized carbons (Fsp3) is 0.455. The minimum absolute atomic E-state index is 0.256. The first-order valence-corrected chi connectivity index (χ1v) is 5.87. The Morgan fingerprint density at radius 2 is 2.28 bits per heavy atom. The quantitative estimate of drug-likeness (QED) is 0.844. The Labute approximate surface area is 104 Å². The van der Waals surface area contributed by atoms with Crippen LogP contribution in [0.3, 0.4) is 0 Å². The molecule has 2 aromatic rings. The molecule has 0 spiro atoms. The van der Waals surface area contributed by atoms with Crippen molar-refractivity contribution >= 4 is 11.9 Å². The van der Waals surface area contributed by atoms with Gasteiger partial charge in [0.05, 0.1) is 6.20 Å². The van der Waals surface area contributed by atoms with Crippen molar-refractivity contribution in [2.75, 3.05) is 5.32 Å². The molecule has 3 rings (SSSR count). The van der Waals surface area contributed by atoms with Crippen LogP contribution in [0.4, 0.5) is 5.95 Å². The number of carbonyl (C=O) groups is 1. The number of aromatic nitrogens is 5. The molecule has 0 saturated heterocycles. The van der Waals surface area contributed by atoms with Crippen LogP contribution >= 0.6 is 0 Å². The number of hydrogen-bond acceptors (Lipinski definition) is 4. The van der Waals surface area contributed by atoms with Crippen LogP contribution in [-0.4, -0.2) is 30.6 Å². The lowest BCUT2D eigenvalue weighted by Crippen LogP contribution is -2.16. The third-order valence-electron chi connectivity index (χ3n) is 3.02. The molecular formula is C11H14N6O. The average Bonchev–Trinajstić information content (AvgIpc) is 2.99. The number of aryl methyl sites for hydroxylation is 1. The van der Waals surface area contributed by atoms with Gasteiger partial charge in [0.15, 0.2) is 0 Å². The molecule has 0 radical (unpaired) electrons. The maximum absolute atomic E-state index is 11.9. The summed E-state index contributed by atoms with van der Waals surface area (Å²) in [6.45, 7) is 1.80. The predicted octanol–water partition coefficient (Wildman–Crippen LogP) is 0.976. The Kier molecular flexibility index (Phi) is 2.39. The van der Waals surface area contributed by atoms with Gasteiger partial charge in [0, 0.05) is 13.0 Å². The second-order valence-corrected chi connectivity index (χ2v) is 4.55. The zero-order valence-electron chi connectivity index (χ0n) is 10.3. The molecule has 0 aromatic carbocycles. The number of nitrogens with zero attached hydrogens (tertiary/aromatic N) is 4. The smallest absolute Gasteiger partial charge is 0.276 e. The van der Waals surface area contributed by atoms with Crippen molar-refractivity contribution in [1.29, 1.82) is 0 Å². The van der Waals surface area contributed by atoms with Gasteiger partial charge in [-0.3, -0.25) is 14.7 Å². The number of hydrogen-bond donors (Lipinski definition) is 2. The zero-order chi connectivity index (χ0) is 12.7. The summed E-state index contributed by atoms with van der Waals surface area (Å²) in [5.74, 6) is 2.35. The van der Waals surface area contributed by atoms with Gasteiger partial charge < -0.3 is 4.98 Å². The molecule has 18 heavy (non-hydrogen) atoms. The molecule has 7 nitrogen and oxygen atoms in total. The van der Waals surface area contributed by atoms with Crippen molar-refractivity contribution in [1.82, 2.24) is 24.7 Å². The van der Waals surface area contributed by atoms with E-state index in [0.29, 0.717) is 23.4 Å². The molecule has 1 aliphatic rings. The van der Waals surface area contributed by atoms with Crippen molar-refractivity contribution in [3.8, 4) is 0 Å². The van der Waals surface area contributed by atoms with E-state index in [1.807, 2.05) is 11.6 Å². The minimum Gasteiger partial charge on any atom is -0.338 e. The van der Waals surface area contributed by atoms with Crippen molar-refractivity contribution in [3.63, 3.8) is 0 Å². The fourth-order valence-electron chi connectivity index (χ4n) is 1.85. The summed E-state index contributed by atoms with van der Waals surface area (Å²) in [6, 6.07) is 0. The lowest BCUT2D eigenvalue weighted by atomic mass is 10.4. The Morgan fingerprint density at radius 1 is 1.50 bits per heavy atom. The van der Waals surface area contributed by atoms with Crippen molar-refractivity contribution in [2.24, 2.45) is 7.05 Å². The van der Waals surface area contributed by atoms with Gasteiger partial charge in [-0.05, 0) is 19.8 Å². The van der Waals surface area contributed by atoms with E-state index < -0.39 is 0 Å². The SMILES string of the molecule is Cc1ncc(C(=O)Nc2nnc(C3CC3)n2C)[nH]1. The van der Waals surface area contributed by atoms with E-state index >= 15 is 0 Å². The van der Waals surface area contributed by atoms with Crippen molar-refractivity contribution in [2.45, 2.75) is 25.7 Å². The summed E-state index contributed by atoms with van der Waals surface area (Å²) in [5.41, 5.74) is 0.420. The number of aromatic amines is 1. The van der Waals surface area contributed by atoms with E-state index in [-0.39, 0.29) is 5.91 Å². The molecule has 1 aliphatic carbocycles. The van der Waals surface area contributed by atoms with E-state index in [1.165, 1.54) is 6.20 Å². The van der Waals surface area contributed by atoms with Gasteiger partial charge in [0.2, 0.25) is 5.95 Å². The lowest BCUT2D eigenvalue weighted by molar-refractivity contribution is 0.102. The average molecular weight is 246 g/mol. The lowest BCUT2D eigenvalue weighted by Gasteiger charge is -2.03. The Hall–Kier alpha value is -2.18. The van der Waals surface area contributed by atoms with Crippen LogP contribution in [0.2, 0.25) is 0 Å². The normalized spacial score (nSPS) is 14.8. The molecule has 2 N–H and O–H groups in total. The maximum Gasteiger partial charge on any atom is 0.276 e. The molecule has 1 saturated carbocycles. The predicted molar refractivity (Wildman–Crippen MR) is 64.3 cm³/mol. The zero-order valence-corrected chi connectivity index (χ0v) is 10.3. The highest BCUT2D eigenvalue weighted by Crippen LogP contribution is 2.39. The molecule has 7 heteroatoms. The van der Waals surface area contributed by atoms with Gasteiger partial charge in [0.1, 0.15) is 17.3 Å². The molecule has 1 amide bonds. The van der Waals surface area contributed by atoms with E-state index in [2.05, 4.69) is 25.5 Å². The van der Waals surface area contributed by atoms with E-state index in [4.69, 9.17) is 0 Å². The number of imidazole rings is 1. The summed E-state index contributed by atoms with van der Waals surface area (Å²) < 4.78 is 1.83. The van der Waals surface area contributed by atoms with Gasteiger partial charge in [-0.15, -0.1) is 10.2 Å². The number of rotatable bonds is 3. The van der Waals surface area contributed by atoms with Crippen LogP contribution in [0.15, 0.2) is 6.20 Å². The third-order valence-corrected chi connectivity index (χ3v) is 3.02. The molecular weight excluding hydrogens is 232 g/mol. The van der Waals surface area contributed by atoms with Gasteiger partial charge in [-0.2, -0.15) is 0 Å². The largest absolute Gasteiger partial charge is 0.338 e.